The van der Waals surface area contributed by atoms with Gasteiger partial charge < -0.3 is 41.5 Å². The highest BCUT2D eigenvalue weighted by molar-refractivity contribution is 5.96. The van der Waals surface area contributed by atoms with E-state index >= 15 is 0 Å². The molecule has 2 aromatic rings. The van der Waals surface area contributed by atoms with Crippen LogP contribution in [0, 0.1) is 0 Å². The first kappa shape index (κ1) is 32.2. The van der Waals surface area contributed by atoms with E-state index < -0.39 is 30.2 Å². The van der Waals surface area contributed by atoms with Gasteiger partial charge in [0.1, 0.15) is 17.7 Å². The Morgan fingerprint density at radius 2 is 1.50 bits per heavy atom. The molecule has 40 heavy (non-hydrogen) atoms. The molecular weight excluding hydrogens is 520 g/mol. The number of benzene rings is 1. The lowest BCUT2D eigenvalue weighted by molar-refractivity contribution is -0.146. The molecule has 1 heterocycles. The fourth-order valence-electron chi connectivity index (χ4n) is 4.32. The molecule has 13 nitrogen and oxygen atoms in total. The Kier molecular flexibility index (Phi) is 13.1. The number of methoxy groups -OCH3 is 2. The van der Waals surface area contributed by atoms with Gasteiger partial charge >= 0.3 is 11.9 Å². The molecule has 7 N–H and O–H groups in total. The van der Waals surface area contributed by atoms with Crippen LogP contribution in [0.3, 0.4) is 0 Å². The standard InChI is InChI=1S/C27H40N6O7/c1-5-39-20(34)15-14-19(25(36)40-6-2)31-24(35)17-12-10-16(11-13-17)8-7-9-18(26(37-3)38-4)21-22(28)32-27(30)33-23(21)29/h10-13,18-19,26H,5-9,14-15H2,1-4H3,(H,31,35)(H6,28,29,30,32,33)/t18?,19-/m1/s1. The van der Waals surface area contributed by atoms with E-state index in [1.807, 2.05) is 12.1 Å². The van der Waals surface area contributed by atoms with Crippen molar-refractivity contribution < 1.29 is 33.3 Å². The molecule has 0 aliphatic carbocycles. The van der Waals surface area contributed by atoms with Crippen LogP contribution >= 0.6 is 0 Å². The van der Waals surface area contributed by atoms with Crippen LogP contribution < -0.4 is 22.5 Å². The molecule has 1 aromatic heterocycles. The Hall–Kier alpha value is -3.97. The van der Waals surface area contributed by atoms with Gasteiger partial charge in [0.25, 0.3) is 5.91 Å². The van der Waals surface area contributed by atoms with Crippen molar-refractivity contribution in [1.82, 2.24) is 15.3 Å². The number of anilines is 3. The molecule has 1 amide bonds. The Balaban J connectivity index is 2.05. The monoisotopic (exact) mass is 560 g/mol. The fourth-order valence-corrected chi connectivity index (χ4v) is 4.32. The van der Waals surface area contributed by atoms with Gasteiger partial charge in [0.15, 0.2) is 6.29 Å². The molecular formula is C27H40N6O7. The van der Waals surface area contributed by atoms with Gasteiger partial charge in [-0.1, -0.05) is 12.1 Å². The predicted octanol–water partition coefficient (Wildman–Crippen LogP) is 1.95. The summed E-state index contributed by atoms with van der Waals surface area (Å²) >= 11 is 0. The van der Waals surface area contributed by atoms with E-state index in [0.29, 0.717) is 30.4 Å². The molecule has 220 valence electrons. The third kappa shape index (κ3) is 9.35. The number of amides is 1. The number of carbonyl (C=O) groups excluding carboxylic acids is 3. The number of nitrogens with two attached hydrogens (primary N) is 3. The van der Waals surface area contributed by atoms with Crippen molar-refractivity contribution >= 4 is 35.4 Å². The van der Waals surface area contributed by atoms with Crippen LogP contribution in [0.2, 0.25) is 0 Å². The van der Waals surface area contributed by atoms with Gasteiger partial charge in [0.2, 0.25) is 5.95 Å². The molecule has 0 radical (unpaired) electrons. The number of aryl methyl sites for hydroxylation is 1. The van der Waals surface area contributed by atoms with Gasteiger partial charge in [-0.15, -0.1) is 0 Å². The number of ether oxygens (including phenoxy) is 4. The summed E-state index contributed by atoms with van der Waals surface area (Å²) in [6, 6.07) is 6.04. The van der Waals surface area contributed by atoms with Crippen molar-refractivity contribution in [2.45, 2.75) is 64.2 Å². The summed E-state index contributed by atoms with van der Waals surface area (Å²) < 4.78 is 20.9. The van der Waals surface area contributed by atoms with Gasteiger partial charge in [-0.3, -0.25) is 9.59 Å². The number of hydrogen-bond acceptors (Lipinski definition) is 12. The first-order chi connectivity index (χ1) is 19.1. The van der Waals surface area contributed by atoms with Gasteiger partial charge in [0.05, 0.1) is 13.2 Å². The molecule has 13 heteroatoms. The minimum Gasteiger partial charge on any atom is -0.466 e. The molecule has 2 atom stereocenters. The Morgan fingerprint density at radius 1 is 0.900 bits per heavy atom. The van der Waals surface area contributed by atoms with Crippen molar-refractivity contribution in [3.8, 4) is 0 Å². The number of rotatable bonds is 16. The molecule has 2 rings (SSSR count). The lowest BCUT2D eigenvalue weighted by Crippen LogP contribution is -2.42. The average molecular weight is 561 g/mol. The fraction of sp³-hybridized carbons (Fsp3) is 0.519. The molecule has 0 saturated heterocycles. The number of nitrogen functional groups attached to an aromatic ring is 3. The minimum absolute atomic E-state index is 0.0133. The SMILES string of the molecule is CCOC(=O)CC[C@@H](NC(=O)c1ccc(CCCC(c2c(N)nc(N)nc2N)C(OC)OC)cc1)C(=O)OCC. The third-order valence-electron chi connectivity index (χ3n) is 6.20. The molecule has 1 unspecified atom stereocenters. The zero-order valence-corrected chi connectivity index (χ0v) is 23.5. The van der Waals surface area contributed by atoms with E-state index in [2.05, 4.69) is 15.3 Å². The zero-order chi connectivity index (χ0) is 29.7. The smallest absolute Gasteiger partial charge is 0.328 e. The van der Waals surface area contributed by atoms with E-state index in [0.717, 1.165) is 5.56 Å². The average Bonchev–Trinajstić information content (AvgIpc) is 2.91. The van der Waals surface area contributed by atoms with Gasteiger partial charge in [-0.05, 0) is 57.2 Å². The van der Waals surface area contributed by atoms with Crippen molar-refractivity contribution in [2.24, 2.45) is 0 Å². The molecule has 0 aliphatic rings. The molecule has 0 bridgehead atoms. The van der Waals surface area contributed by atoms with Crippen LogP contribution in [0.5, 0.6) is 0 Å². The highest BCUT2D eigenvalue weighted by Crippen LogP contribution is 2.34. The first-order valence-electron chi connectivity index (χ1n) is 13.1. The Bertz CT molecular complexity index is 1100. The molecule has 0 aliphatic heterocycles. The summed E-state index contributed by atoms with van der Waals surface area (Å²) in [6.45, 7) is 3.75. The van der Waals surface area contributed by atoms with Crippen molar-refractivity contribution in [2.75, 3.05) is 44.6 Å². The Morgan fingerprint density at radius 3 is 2.05 bits per heavy atom. The molecule has 0 saturated carbocycles. The second-order valence-electron chi connectivity index (χ2n) is 8.92. The van der Waals surface area contributed by atoms with E-state index in [1.54, 1.807) is 26.0 Å². The van der Waals surface area contributed by atoms with E-state index in [4.69, 9.17) is 36.1 Å². The lowest BCUT2D eigenvalue weighted by Gasteiger charge is -2.26. The third-order valence-corrected chi connectivity index (χ3v) is 6.20. The van der Waals surface area contributed by atoms with Crippen LogP contribution in [0.25, 0.3) is 0 Å². The number of hydrogen-bond donors (Lipinski definition) is 4. The van der Waals surface area contributed by atoms with E-state index in [1.165, 1.54) is 14.2 Å². The van der Waals surface area contributed by atoms with Gasteiger partial charge in [0, 0.05) is 37.7 Å². The summed E-state index contributed by atoms with van der Waals surface area (Å²) in [5, 5.41) is 2.66. The van der Waals surface area contributed by atoms with E-state index in [-0.39, 0.29) is 49.6 Å². The topological polar surface area (TPSA) is 204 Å². The predicted molar refractivity (Wildman–Crippen MR) is 149 cm³/mol. The van der Waals surface area contributed by atoms with Crippen LogP contribution in [-0.2, 0) is 35.0 Å². The van der Waals surface area contributed by atoms with Crippen LogP contribution in [0.1, 0.15) is 66.9 Å². The molecule has 0 fully saturated rings. The normalized spacial score (nSPS) is 12.5. The lowest BCUT2D eigenvalue weighted by atomic mass is 9.92. The van der Waals surface area contributed by atoms with Crippen LogP contribution in [0.15, 0.2) is 24.3 Å². The van der Waals surface area contributed by atoms with Crippen molar-refractivity contribution in [3.05, 3.63) is 41.0 Å². The summed E-state index contributed by atoms with van der Waals surface area (Å²) in [4.78, 5) is 44.9. The first-order valence-corrected chi connectivity index (χ1v) is 13.1. The zero-order valence-electron chi connectivity index (χ0n) is 23.5. The largest absolute Gasteiger partial charge is 0.466 e. The summed E-state index contributed by atoms with van der Waals surface area (Å²) in [5.74, 6) is -1.51. The second kappa shape index (κ2) is 16.2. The second-order valence-corrected chi connectivity index (χ2v) is 8.92. The van der Waals surface area contributed by atoms with Gasteiger partial charge in [-0.25, -0.2) is 4.79 Å². The number of aromatic nitrogens is 2. The quantitative estimate of drug-likeness (QED) is 0.172. The number of nitrogens with zero attached hydrogens (tertiary/aromatic N) is 2. The highest BCUT2D eigenvalue weighted by atomic mass is 16.7. The summed E-state index contributed by atoms with van der Waals surface area (Å²) in [6.07, 6.45) is 1.41. The summed E-state index contributed by atoms with van der Waals surface area (Å²) in [7, 11) is 3.05. The maximum absolute atomic E-state index is 12.8. The molecule has 0 spiro atoms. The highest BCUT2D eigenvalue weighted by Gasteiger charge is 2.28. The maximum atomic E-state index is 12.8. The Labute approximate surface area is 234 Å². The van der Waals surface area contributed by atoms with Crippen LogP contribution in [0.4, 0.5) is 17.6 Å². The number of esters is 2. The van der Waals surface area contributed by atoms with E-state index in [9.17, 15) is 14.4 Å². The van der Waals surface area contributed by atoms with Crippen molar-refractivity contribution in [3.63, 3.8) is 0 Å². The number of carbonyl (C=O) groups is 3. The minimum atomic E-state index is -0.972. The number of nitrogens with one attached hydrogen (secondary N) is 1. The van der Waals surface area contributed by atoms with Crippen molar-refractivity contribution in [1.29, 1.82) is 0 Å². The maximum Gasteiger partial charge on any atom is 0.328 e. The summed E-state index contributed by atoms with van der Waals surface area (Å²) in [5.41, 5.74) is 19.7. The molecule has 1 aromatic carbocycles. The van der Waals surface area contributed by atoms with Gasteiger partial charge in [-0.2, -0.15) is 9.97 Å². The van der Waals surface area contributed by atoms with Crippen LogP contribution in [-0.4, -0.2) is 67.6 Å².